The van der Waals surface area contributed by atoms with Crippen molar-refractivity contribution >= 4 is 11.8 Å². The monoisotopic (exact) mass is 381 g/mol. The van der Waals surface area contributed by atoms with Gasteiger partial charge in [-0.15, -0.1) is 10.2 Å². The highest BCUT2D eigenvalue weighted by molar-refractivity contribution is 5.92. The standard InChI is InChI=1S/C21H27N5O2/c27-19(9-14-24-16-22-23-17-24)26-13-5-11-21(26)10-4-12-25(20(21)28)15-8-18-6-2-1-3-7-18/h1-3,6-7,16-17H,4-5,8-15H2. The van der Waals surface area contributed by atoms with E-state index in [4.69, 9.17) is 0 Å². The number of amides is 2. The van der Waals surface area contributed by atoms with Gasteiger partial charge < -0.3 is 14.4 Å². The molecule has 2 aromatic rings. The van der Waals surface area contributed by atoms with Gasteiger partial charge in [0.15, 0.2) is 0 Å². The third-order valence-electron chi connectivity index (χ3n) is 6.06. The number of aryl methyl sites for hydroxylation is 1. The molecule has 7 heteroatoms. The maximum absolute atomic E-state index is 13.4. The van der Waals surface area contributed by atoms with Gasteiger partial charge in [-0.25, -0.2) is 0 Å². The maximum atomic E-state index is 13.4. The number of aromatic nitrogens is 3. The number of likely N-dealkylation sites (tertiary alicyclic amines) is 2. The van der Waals surface area contributed by atoms with E-state index in [9.17, 15) is 9.59 Å². The molecule has 148 valence electrons. The average molecular weight is 381 g/mol. The van der Waals surface area contributed by atoms with E-state index < -0.39 is 5.54 Å². The number of hydrogen-bond donors (Lipinski definition) is 0. The van der Waals surface area contributed by atoms with Crippen molar-refractivity contribution in [1.29, 1.82) is 0 Å². The molecule has 1 aromatic carbocycles. The Balaban J connectivity index is 1.42. The summed E-state index contributed by atoms with van der Waals surface area (Å²) in [4.78, 5) is 30.2. The number of rotatable bonds is 6. The van der Waals surface area contributed by atoms with E-state index >= 15 is 0 Å². The predicted octanol–water partition coefficient (Wildman–Crippen LogP) is 1.89. The Labute approximate surface area is 165 Å². The molecule has 0 bridgehead atoms. The van der Waals surface area contributed by atoms with Crippen LogP contribution in [-0.2, 0) is 22.6 Å². The fraction of sp³-hybridized carbons (Fsp3) is 0.524. The molecule has 0 N–H and O–H groups in total. The topological polar surface area (TPSA) is 71.3 Å². The first-order valence-electron chi connectivity index (χ1n) is 10.2. The van der Waals surface area contributed by atoms with Gasteiger partial charge in [0.1, 0.15) is 18.2 Å². The Hall–Kier alpha value is -2.70. The number of carbonyl (C=O) groups excluding carboxylic acids is 2. The molecule has 0 radical (unpaired) electrons. The summed E-state index contributed by atoms with van der Waals surface area (Å²) in [6.07, 6.45) is 7.88. The fourth-order valence-corrected chi connectivity index (χ4v) is 4.61. The molecule has 1 atom stereocenters. The molecule has 1 unspecified atom stereocenters. The zero-order chi connectivity index (χ0) is 19.4. The van der Waals surface area contributed by atoms with Crippen LogP contribution >= 0.6 is 0 Å². The molecule has 0 aliphatic carbocycles. The van der Waals surface area contributed by atoms with Gasteiger partial charge in [0, 0.05) is 32.6 Å². The van der Waals surface area contributed by atoms with E-state index in [0.717, 1.165) is 38.6 Å². The second-order valence-electron chi connectivity index (χ2n) is 7.76. The SMILES string of the molecule is O=C(CCn1cnnc1)N1CCCC12CCCN(CCc1ccccc1)C2=O. The summed E-state index contributed by atoms with van der Waals surface area (Å²) in [6, 6.07) is 10.3. The van der Waals surface area contributed by atoms with Crippen LogP contribution in [0, 0.1) is 0 Å². The lowest BCUT2D eigenvalue weighted by molar-refractivity contribution is -0.155. The van der Waals surface area contributed by atoms with E-state index in [0.29, 0.717) is 26.1 Å². The van der Waals surface area contributed by atoms with Gasteiger partial charge in [0.05, 0.1) is 0 Å². The molecule has 4 rings (SSSR count). The summed E-state index contributed by atoms with van der Waals surface area (Å²) in [6.45, 7) is 2.73. The second kappa shape index (κ2) is 8.12. The van der Waals surface area contributed by atoms with Crippen LogP contribution < -0.4 is 0 Å². The number of piperidine rings is 1. The number of nitrogens with zero attached hydrogens (tertiary/aromatic N) is 5. The summed E-state index contributed by atoms with van der Waals surface area (Å²) < 4.78 is 1.80. The Bertz CT molecular complexity index is 807. The second-order valence-corrected chi connectivity index (χ2v) is 7.76. The highest BCUT2D eigenvalue weighted by Gasteiger charge is 2.52. The van der Waals surface area contributed by atoms with E-state index in [2.05, 4.69) is 22.3 Å². The van der Waals surface area contributed by atoms with Gasteiger partial charge in [-0.2, -0.15) is 0 Å². The molecule has 2 fully saturated rings. The van der Waals surface area contributed by atoms with Crippen LogP contribution in [-0.4, -0.2) is 61.6 Å². The summed E-state index contributed by atoms with van der Waals surface area (Å²) in [5.41, 5.74) is 0.613. The highest BCUT2D eigenvalue weighted by Crippen LogP contribution is 2.38. The van der Waals surface area contributed by atoms with Crippen LogP contribution in [0.5, 0.6) is 0 Å². The molecular formula is C21H27N5O2. The van der Waals surface area contributed by atoms with Crippen LogP contribution in [0.2, 0.25) is 0 Å². The molecule has 2 aliphatic heterocycles. The third-order valence-corrected chi connectivity index (χ3v) is 6.06. The van der Waals surface area contributed by atoms with Gasteiger partial charge >= 0.3 is 0 Å². The van der Waals surface area contributed by atoms with E-state index in [1.807, 2.05) is 28.0 Å². The first-order valence-corrected chi connectivity index (χ1v) is 10.2. The molecule has 7 nitrogen and oxygen atoms in total. The van der Waals surface area contributed by atoms with Gasteiger partial charge in [-0.05, 0) is 37.7 Å². The zero-order valence-corrected chi connectivity index (χ0v) is 16.2. The van der Waals surface area contributed by atoms with Crippen LogP contribution in [0.3, 0.4) is 0 Å². The van der Waals surface area contributed by atoms with E-state index in [1.165, 1.54) is 5.56 Å². The van der Waals surface area contributed by atoms with Crippen molar-refractivity contribution in [3.8, 4) is 0 Å². The van der Waals surface area contributed by atoms with Gasteiger partial charge in [0.2, 0.25) is 11.8 Å². The predicted molar refractivity (Wildman–Crippen MR) is 104 cm³/mol. The summed E-state index contributed by atoms with van der Waals surface area (Å²) in [5.74, 6) is 0.203. The number of hydrogen-bond acceptors (Lipinski definition) is 4. The fourth-order valence-electron chi connectivity index (χ4n) is 4.61. The zero-order valence-electron chi connectivity index (χ0n) is 16.2. The van der Waals surface area contributed by atoms with E-state index in [-0.39, 0.29) is 11.8 Å². The average Bonchev–Trinajstić information content (AvgIpc) is 3.39. The lowest BCUT2D eigenvalue weighted by Gasteiger charge is -2.44. The van der Waals surface area contributed by atoms with Crippen LogP contribution in [0.15, 0.2) is 43.0 Å². The normalized spacial score (nSPS) is 22.2. The minimum absolute atomic E-state index is 0.0597. The molecule has 2 saturated heterocycles. The Morgan fingerprint density at radius 3 is 2.46 bits per heavy atom. The van der Waals surface area contributed by atoms with Crippen LogP contribution in [0.4, 0.5) is 0 Å². The lowest BCUT2D eigenvalue weighted by Crippen LogP contribution is -2.61. The Morgan fingerprint density at radius 2 is 1.71 bits per heavy atom. The third kappa shape index (κ3) is 3.66. The van der Waals surface area contributed by atoms with Gasteiger partial charge in [0.25, 0.3) is 0 Å². The van der Waals surface area contributed by atoms with Gasteiger partial charge in [-0.3, -0.25) is 9.59 Å². The van der Waals surface area contributed by atoms with Crippen LogP contribution in [0.1, 0.15) is 37.7 Å². The van der Waals surface area contributed by atoms with Crippen molar-refractivity contribution in [2.45, 2.75) is 50.6 Å². The molecule has 1 aromatic heterocycles. The summed E-state index contributed by atoms with van der Waals surface area (Å²) in [7, 11) is 0. The Morgan fingerprint density at radius 1 is 1.00 bits per heavy atom. The lowest BCUT2D eigenvalue weighted by atomic mass is 9.85. The van der Waals surface area contributed by atoms with Crippen molar-refractivity contribution in [1.82, 2.24) is 24.6 Å². The minimum Gasteiger partial charge on any atom is -0.340 e. The van der Waals surface area contributed by atoms with Crippen molar-refractivity contribution in [3.63, 3.8) is 0 Å². The summed E-state index contributed by atoms with van der Waals surface area (Å²) >= 11 is 0. The van der Waals surface area contributed by atoms with E-state index in [1.54, 1.807) is 17.2 Å². The van der Waals surface area contributed by atoms with Crippen LogP contribution in [0.25, 0.3) is 0 Å². The minimum atomic E-state index is -0.626. The van der Waals surface area contributed by atoms with Crippen molar-refractivity contribution in [2.24, 2.45) is 0 Å². The molecule has 2 amide bonds. The molecule has 3 heterocycles. The smallest absolute Gasteiger partial charge is 0.248 e. The molecule has 0 saturated carbocycles. The maximum Gasteiger partial charge on any atom is 0.248 e. The first-order chi connectivity index (χ1) is 13.7. The molecule has 28 heavy (non-hydrogen) atoms. The quantitative estimate of drug-likeness (QED) is 0.766. The molecule has 1 spiro atoms. The molecular weight excluding hydrogens is 354 g/mol. The molecule has 2 aliphatic rings. The van der Waals surface area contributed by atoms with Gasteiger partial charge in [-0.1, -0.05) is 30.3 Å². The van der Waals surface area contributed by atoms with Crippen molar-refractivity contribution < 1.29 is 9.59 Å². The number of benzene rings is 1. The summed E-state index contributed by atoms with van der Waals surface area (Å²) in [5, 5.41) is 7.55. The van der Waals surface area contributed by atoms with Crippen molar-refractivity contribution in [3.05, 3.63) is 48.5 Å². The highest BCUT2D eigenvalue weighted by atomic mass is 16.2. The van der Waals surface area contributed by atoms with Crippen molar-refractivity contribution in [2.75, 3.05) is 19.6 Å². The largest absolute Gasteiger partial charge is 0.340 e. The first kappa shape index (κ1) is 18.7. The Kier molecular flexibility index (Phi) is 5.41. The number of carbonyl (C=O) groups is 2.